The summed E-state index contributed by atoms with van der Waals surface area (Å²) >= 11 is 6.46. The fourth-order valence-electron chi connectivity index (χ4n) is 3.20. The third-order valence-electron chi connectivity index (χ3n) is 4.87. The Labute approximate surface area is 181 Å². The van der Waals surface area contributed by atoms with Gasteiger partial charge in [-0.25, -0.2) is 15.0 Å². The Morgan fingerprint density at radius 1 is 1.30 bits per heavy atom. The van der Waals surface area contributed by atoms with Gasteiger partial charge < -0.3 is 13.9 Å². The number of hydrogen-bond acceptors (Lipinski definition) is 5. The van der Waals surface area contributed by atoms with Crippen LogP contribution in [0.1, 0.15) is 45.9 Å². The Hall–Kier alpha value is -2.85. The molecule has 0 bridgehead atoms. The molecule has 0 N–H and O–H groups in total. The molecule has 30 heavy (non-hydrogen) atoms. The van der Waals surface area contributed by atoms with Crippen LogP contribution in [0.3, 0.4) is 0 Å². The van der Waals surface area contributed by atoms with E-state index in [2.05, 4.69) is 28.7 Å². The molecule has 3 rings (SSSR count). The van der Waals surface area contributed by atoms with Crippen molar-refractivity contribution in [1.29, 1.82) is 0 Å². The van der Waals surface area contributed by atoms with Crippen molar-refractivity contribution in [2.45, 2.75) is 46.6 Å². The lowest BCUT2D eigenvalue weighted by Gasteiger charge is -2.23. The molecule has 0 saturated carbocycles. The number of carbonyl (C=O) groups is 1. The van der Waals surface area contributed by atoms with Crippen molar-refractivity contribution < 1.29 is 9.53 Å². The molecule has 0 aliphatic carbocycles. The van der Waals surface area contributed by atoms with Crippen LogP contribution in [0.15, 0.2) is 18.3 Å². The van der Waals surface area contributed by atoms with Crippen molar-refractivity contribution in [1.82, 2.24) is 24.1 Å². The monoisotopic (exact) mass is 427 g/mol. The first-order chi connectivity index (χ1) is 14.3. The Balaban J connectivity index is 2.19. The number of imidazole rings is 1. The lowest BCUT2D eigenvalue weighted by atomic mass is 9.93. The molecule has 158 valence electrons. The van der Waals surface area contributed by atoms with Crippen LogP contribution in [0.4, 0.5) is 0 Å². The summed E-state index contributed by atoms with van der Waals surface area (Å²) in [6.45, 7) is 6.09. The van der Waals surface area contributed by atoms with Crippen LogP contribution in [-0.4, -0.2) is 37.2 Å². The normalized spacial score (nSPS) is 11.4. The summed E-state index contributed by atoms with van der Waals surface area (Å²) in [4.78, 5) is 26.0. The highest BCUT2D eigenvalue weighted by Gasteiger charge is 2.32. The van der Waals surface area contributed by atoms with Crippen LogP contribution in [0.25, 0.3) is 22.7 Å². The maximum absolute atomic E-state index is 12.4. The fraction of sp³-hybridized carbons (Fsp3) is 0.455. The number of methoxy groups -OCH3 is 1. The Morgan fingerprint density at radius 2 is 2.07 bits per heavy atom. The van der Waals surface area contributed by atoms with Gasteiger partial charge in [0.25, 0.3) is 0 Å². The minimum absolute atomic E-state index is 0.241. The number of carbonyl (C=O) groups excluding carboxylic acids is 1. The van der Waals surface area contributed by atoms with Gasteiger partial charge in [-0.2, -0.15) is 0 Å². The molecule has 7 nitrogen and oxygen atoms in total. The minimum atomic E-state index is -0.799. The number of esters is 1. The predicted molar refractivity (Wildman–Crippen MR) is 117 cm³/mol. The molecular weight excluding hydrogens is 402 g/mol. The lowest BCUT2D eigenvalue weighted by Crippen LogP contribution is -2.31. The number of fused-ring (bicyclic) bond motifs is 1. The predicted octanol–water partition coefficient (Wildman–Crippen LogP) is 4.23. The fourth-order valence-corrected chi connectivity index (χ4v) is 3.41. The van der Waals surface area contributed by atoms with Gasteiger partial charge in [0, 0.05) is 26.2 Å². The maximum atomic E-state index is 12.4. The Kier molecular flexibility index (Phi) is 6.47. The zero-order valence-corrected chi connectivity index (χ0v) is 18.7. The molecule has 0 aromatic carbocycles. The van der Waals surface area contributed by atoms with Crippen molar-refractivity contribution in [2.24, 2.45) is 12.5 Å². The van der Waals surface area contributed by atoms with Gasteiger partial charge in [0.2, 0.25) is 5.82 Å². The van der Waals surface area contributed by atoms with Crippen LogP contribution in [0.2, 0.25) is 5.15 Å². The van der Waals surface area contributed by atoms with E-state index in [1.54, 1.807) is 0 Å². The van der Waals surface area contributed by atoms with Crippen LogP contribution >= 0.6 is 11.6 Å². The van der Waals surface area contributed by atoms with Gasteiger partial charge in [-0.3, -0.25) is 4.79 Å². The highest BCUT2D eigenvalue weighted by atomic mass is 35.5. The van der Waals surface area contributed by atoms with Crippen LogP contribution in [0, 0.1) is 17.3 Å². The number of hydrogen-bond donors (Lipinski definition) is 0. The van der Waals surface area contributed by atoms with Crippen LogP contribution in [0.5, 0.6) is 0 Å². The molecule has 0 atom stereocenters. The molecule has 0 saturated heterocycles. The number of nitrogens with zero attached hydrogens (tertiary/aromatic N) is 5. The van der Waals surface area contributed by atoms with Gasteiger partial charge >= 0.3 is 5.97 Å². The Morgan fingerprint density at radius 3 is 2.70 bits per heavy atom. The quantitative estimate of drug-likeness (QED) is 0.255. The SMILES string of the molecule is CCCCC#Cc1nc(Cl)c2nc(-c3cccn3C)n(CC(C)(C)C(=O)OC)c2n1. The van der Waals surface area contributed by atoms with Gasteiger partial charge in [0.05, 0.1) is 18.2 Å². The average Bonchev–Trinajstić information content (AvgIpc) is 3.28. The molecule has 3 aromatic rings. The highest BCUT2D eigenvalue weighted by Crippen LogP contribution is 2.31. The number of aromatic nitrogens is 5. The molecule has 0 amide bonds. The van der Waals surface area contributed by atoms with Crippen molar-refractivity contribution in [3.8, 4) is 23.4 Å². The van der Waals surface area contributed by atoms with E-state index < -0.39 is 5.41 Å². The van der Waals surface area contributed by atoms with Gasteiger partial charge in [0.15, 0.2) is 16.6 Å². The van der Waals surface area contributed by atoms with E-state index in [1.165, 1.54) is 7.11 Å². The minimum Gasteiger partial charge on any atom is -0.469 e. The largest absolute Gasteiger partial charge is 0.469 e. The lowest BCUT2D eigenvalue weighted by molar-refractivity contribution is -0.151. The second-order valence-corrected chi connectivity index (χ2v) is 8.17. The first kappa shape index (κ1) is 21.8. The Bertz CT molecular complexity index is 1130. The van der Waals surface area contributed by atoms with Crippen LogP contribution < -0.4 is 0 Å². The summed E-state index contributed by atoms with van der Waals surface area (Å²) in [5.41, 5.74) is 1.10. The van der Waals surface area contributed by atoms with E-state index in [4.69, 9.17) is 21.3 Å². The number of aryl methyl sites for hydroxylation is 1. The summed E-state index contributed by atoms with van der Waals surface area (Å²) in [6.07, 6.45) is 4.80. The third kappa shape index (κ3) is 4.34. The van der Waals surface area contributed by atoms with E-state index >= 15 is 0 Å². The van der Waals surface area contributed by atoms with Gasteiger partial charge in [0.1, 0.15) is 5.52 Å². The summed E-state index contributed by atoms with van der Waals surface area (Å²) < 4.78 is 8.84. The number of ether oxygens (including phenoxy) is 1. The van der Waals surface area contributed by atoms with Crippen LogP contribution in [-0.2, 0) is 23.1 Å². The smallest absolute Gasteiger partial charge is 0.313 e. The summed E-state index contributed by atoms with van der Waals surface area (Å²) in [7, 11) is 3.32. The number of halogens is 1. The first-order valence-electron chi connectivity index (χ1n) is 9.91. The zero-order chi connectivity index (χ0) is 21.9. The van der Waals surface area contributed by atoms with E-state index in [0.717, 1.165) is 25.0 Å². The van der Waals surface area contributed by atoms with Crippen molar-refractivity contribution in [3.05, 3.63) is 29.3 Å². The van der Waals surface area contributed by atoms with Crippen molar-refractivity contribution in [3.63, 3.8) is 0 Å². The van der Waals surface area contributed by atoms with E-state index in [1.807, 2.05) is 48.4 Å². The molecule has 3 aromatic heterocycles. The molecule has 0 unspecified atom stereocenters. The number of unbranched alkanes of at least 4 members (excludes halogenated alkanes) is 2. The molecule has 0 radical (unpaired) electrons. The zero-order valence-electron chi connectivity index (χ0n) is 18.0. The van der Waals surface area contributed by atoms with Gasteiger partial charge in [-0.1, -0.05) is 30.9 Å². The van der Waals surface area contributed by atoms with Gasteiger partial charge in [-0.15, -0.1) is 0 Å². The molecule has 0 aliphatic heterocycles. The second-order valence-electron chi connectivity index (χ2n) is 7.82. The molecule has 0 aliphatic rings. The van der Waals surface area contributed by atoms with E-state index in [0.29, 0.717) is 29.4 Å². The first-order valence-corrected chi connectivity index (χ1v) is 10.3. The van der Waals surface area contributed by atoms with E-state index in [-0.39, 0.29) is 11.1 Å². The average molecular weight is 428 g/mol. The van der Waals surface area contributed by atoms with Gasteiger partial charge in [-0.05, 0) is 38.3 Å². The number of rotatable bonds is 6. The molecule has 3 heterocycles. The second kappa shape index (κ2) is 8.88. The molecule has 0 spiro atoms. The molecular formula is C22H26ClN5O2. The summed E-state index contributed by atoms with van der Waals surface area (Å²) in [5, 5.41) is 0.241. The highest BCUT2D eigenvalue weighted by molar-refractivity contribution is 6.33. The molecule has 0 fully saturated rings. The van der Waals surface area contributed by atoms with Crippen molar-refractivity contribution in [2.75, 3.05) is 7.11 Å². The summed E-state index contributed by atoms with van der Waals surface area (Å²) in [6, 6.07) is 3.89. The maximum Gasteiger partial charge on any atom is 0.313 e. The topological polar surface area (TPSA) is 74.8 Å². The summed E-state index contributed by atoms with van der Waals surface area (Å²) in [5.74, 6) is 6.77. The van der Waals surface area contributed by atoms with Crippen molar-refractivity contribution >= 4 is 28.7 Å². The molecule has 8 heteroatoms. The third-order valence-corrected chi connectivity index (χ3v) is 5.14. The standard InChI is InChI=1S/C22H26ClN5O2/c1-6-7-8-9-12-16-24-18(23)17-20(25-16)28(14-22(2,3)21(29)30-5)19(26-17)15-11-10-13-27(15)4/h10-11,13H,6-8,14H2,1-5H3. The van der Waals surface area contributed by atoms with E-state index in [9.17, 15) is 4.79 Å².